The van der Waals surface area contributed by atoms with Crippen LogP contribution in [-0.4, -0.2) is 0 Å². The van der Waals surface area contributed by atoms with Gasteiger partial charge in [-0.3, -0.25) is 0 Å². The molecule has 0 amide bonds. The number of hydrogen-bond donors (Lipinski definition) is 0. The van der Waals surface area contributed by atoms with Gasteiger partial charge in [-0.05, 0) is 61.5 Å². The molecule has 0 heteroatoms. The molecule has 132 valence electrons. The van der Waals surface area contributed by atoms with Crippen LogP contribution in [0.1, 0.15) is 82.8 Å². The van der Waals surface area contributed by atoms with Gasteiger partial charge >= 0.3 is 0 Å². The zero-order valence-electron chi connectivity index (χ0n) is 15.8. The maximum atomic E-state index is 2.43. The van der Waals surface area contributed by atoms with Gasteiger partial charge in [-0.2, -0.15) is 0 Å². The van der Waals surface area contributed by atoms with Gasteiger partial charge in [0.05, 0.1) is 0 Å². The van der Waals surface area contributed by atoms with Gasteiger partial charge in [-0.1, -0.05) is 88.1 Å². The maximum Gasteiger partial charge on any atom is -0.0230 e. The van der Waals surface area contributed by atoms with Crippen molar-refractivity contribution in [1.82, 2.24) is 0 Å². The Hall–Kier alpha value is -1.30. The molecule has 0 N–H and O–H groups in total. The van der Waals surface area contributed by atoms with Crippen molar-refractivity contribution >= 4 is 6.08 Å². The summed E-state index contributed by atoms with van der Waals surface area (Å²) in [5.41, 5.74) is 2.78. The fourth-order valence-electron chi connectivity index (χ4n) is 3.84. The summed E-state index contributed by atoms with van der Waals surface area (Å²) in [6.07, 6.45) is 22.8. The summed E-state index contributed by atoms with van der Waals surface area (Å²) in [7, 11) is 0. The summed E-state index contributed by atoms with van der Waals surface area (Å²) >= 11 is 0. The number of hydrogen-bond acceptors (Lipinski definition) is 0. The molecule has 0 nitrogen and oxygen atoms in total. The molecule has 1 saturated carbocycles. The van der Waals surface area contributed by atoms with Crippen molar-refractivity contribution < 1.29 is 0 Å². The summed E-state index contributed by atoms with van der Waals surface area (Å²) < 4.78 is 0. The second-order valence-corrected chi connectivity index (χ2v) is 7.51. The highest BCUT2D eigenvalue weighted by molar-refractivity contribution is 5.51. The Balaban J connectivity index is 1.71. The van der Waals surface area contributed by atoms with Crippen LogP contribution in [-0.2, 0) is 6.42 Å². The second kappa shape index (κ2) is 11.3. The Morgan fingerprint density at radius 3 is 2.29 bits per heavy atom. The Morgan fingerprint density at radius 1 is 0.875 bits per heavy atom. The largest absolute Gasteiger partial charge is 0.0814 e. The fraction of sp³-hybridized carbons (Fsp3) is 0.583. The Labute approximate surface area is 150 Å². The van der Waals surface area contributed by atoms with Crippen molar-refractivity contribution in [2.24, 2.45) is 11.8 Å². The van der Waals surface area contributed by atoms with Gasteiger partial charge in [-0.25, -0.2) is 0 Å². The van der Waals surface area contributed by atoms with Gasteiger partial charge in [0.25, 0.3) is 0 Å². The smallest absolute Gasteiger partial charge is 0.0230 e. The minimum Gasteiger partial charge on any atom is -0.0814 e. The third kappa shape index (κ3) is 7.07. The van der Waals surface area contributed by atoms with E-state index in [1.165, 1.54) is 75.3 Å². The van der Waals surface area contributed by atoms with Gasteiger partial charge < -0.3 is 0 Å². The summed E-state index contributed by atoms with van der Waals surface area (Å²) in [4.78, 5) is 0. The fourth-order valence-corrected chi connectivity index (χ4v) is 3.84. The lowest BCUT2D eigenvalue weighted by atomic mass is 9.80. The topological polar surface area (TPSA) is 0 Å². The molecule has 1 fully saturated rings. The van der Waals surface area contributed by atoms with Crippen LogP contribution < -0.4 is 0 Å². The molecule has 1 aromatic carbocycles. The number of unbranched alkanes of at least 4 members (excludes halogenated alkanes) is 2. The quantitative estimate of drug-likeness (QED) is 0.324. The van der Waals surface area contributed by atoms with Crippen molar-refractivity contribution in [2.75, 3.05) is 0 Å². The molecule has 0 radical (unpaired) electrons. The van der Waals surface area contributed by atoms with Gasteiger partial charge in [0, 0.05) is 0 Å². The van der Waals surface area contributed by atoms with E-state index in [-0.39, 0.29) is 0 Å². The molecule has 24 heavy (non-hydrogen) atoms. The predicted octanol–water partition coefficient (Wildman–Crippen LogP) is 7.60. The van der Waals surface area contributed by atoms with Gasteiger partial charge in [0.15, 0.2) is 0 Å². The SMILES string of the molecule is CCCCCc1ccc(C=CC=CC2CCC(CCC)CC2)cc1. The third-order valence-corrected chi connectivity index (χ3v) is 5.42. The molecule has 0 saturated heterocycles. The highest BCUT2D eigenvalue weighted by atomic mass is 14.2. The van der Waals surface area contributed by atoms with Crippen LogP contribution >= 0.6 is 0 Å². The molecule has 1 aliphatic rings. The molecule has 1 aliphatic carbocycles. The first-order valence-electron chi connectivity index (χ1n) is 10.3. The van der Waals surface area contributed by atoms with Crippen LogP contribution in [0.4, 0.5) is 0 Å². The first-order valence-corrected chi connectivity index (χ1v) is 10.3. The summed E-state index contributed by atoms with van der Waals surface area (Å²) in [5.74, 6) is 1.81. The molecule has 1 aromatic rings. The zero-order valence-corrected chi connectivity index (χ0v) is 15.8. The first kappa shape index (κ1) is 19.0. The zero-order chi connectivity index (χ0) is 17.0. The van der Waals surface area contributed by atoms with Crippen molar-refractivity contribution in [3.63, 3.8) is 0 Å². The number of allylic oxidation sites excluding steroid dienone is 3. The van der Waals surface area contributed by atoms with Gasteiger partial charge in [0.2, 0.25) is 0 Å². The molecule has 0 aromatic heterocycles. The van der Waals surface area contributed by atoms with Crippen molar-refractivity contribution in [1.29, 1.82) is 0 Å². The van der Waals surface area contributed by atoms with Crippen LogP contribution in [0.15, 0.2) is 42.5 Å². The van der Waals surface area contributed by atoms with Crippen molar-refractivity contribution in [3.05, 3.63) is 53.6 Å². The molecule has 0 aliphatic heterocycles. The lowest BCUT2D eigenvalue weighted by molar-refractivity contribution is 0.294. The van der Waals surface area contributed by atoms with E-state index in [0.29, 0.717) is 0 Å². The van der Waals surface area contributed by atoms with Crippen molar-refractivity contribution in [2.45, 2.75) is 78.1 Å². The number of aryl methyl sites for hydroxylation is 1. The van der Waals surface area contributed by atoms with E-state index in [1.54, 1.807) is 0 Å². The van der Waals surface area contributed by atoms with E-state index >= 15 is 0 Å². The number of rotatable bonds is 9. The molecular formula is C24H36. The first-order chi connectivity index (χ1) is 11.8. The van der Waals surface area contributed by atoms with E-state index in [0.717, 1.165) is 11.8 Å². The average Bonchev–Trinajstić information content (AvgIpc) is 2.62. The molecular weight excluding hydrogens is 288 g/mol. The van der Waals surface area contributed by atoms with Gasteiger partial charge in [0.1, 0.15) is 0 Å². The van der Waals surface area contributed by atoms with E-state index < -0.39 is 0 Å². The normalized spacial score (nSPS) is 21.8. The molecule has 0 atom stereocenters. The average molecular weight is 325 g/mol. The van der Waals surface area contributed by atoms with Crippen molar-refractivity contribution in [3.8, 4) is 0 Å². The summed E-state index contributed by atoms with van der Waals surface area (Å²) in [5, 5.41) is 0. The standard InChI is InChI=1S/C24H36/c1-3-5-6-10-22-17-19-24(20-18-22)12-8-7-11-23-15-13-21(9-4-2)14-16-23/h7-8,11-12,17-21,23H,3-6,9-10,13-16H2,1-2H3. The summed E-state index contributed by atoms with van der Waals surface area (Å²) in [6, 6.07) is 9.07. The monoisotopic (exact) mass is 324 g/mol. The van der Waals surface area contributed by atoms with Gasteiger partial charge in [-0.15, -0.1) is 0 Å². The molecule has 0 bridgehead atoms. The molecule has 0 unspecified atom stereocenters. The Bertz CT molecular complexity index is 483. The minimum absolute atomic E-state index is 0.809. The van der Waals surface area contributed by atoms with Crippen LogP contribution in [0.5, 0.6) is 0 Å². The van der Waals surface area contributed by atoms with Crippen LogP contribution in [0, 0.1) is 11.8 Å². The minimum atomic E-state index is 0.809. The molecule has 2 rings (SSSR count). The maximum absolute atomic E-state index is 2.43. The Kier molecular flexibility index (Phi) is 8.95. The highest BCUT2D eigenvalue weighted by Gasteiger charge is 2.18. The van der Waals surface area contributed by atoms with Crippen LogP contribution in [0.2, 0.25) is 0 Å². The highest BCUT2D eigenvalue weighted by Crippen LogP contribution is 2.32. The van der Waals surface area contributed by atoms with E-state index in [4.69, 9.17) is 0 Å². The number of benzene rings is 1. The summed E-state index contributed by atoms with van der Waals surface area (Å²) in [6.45, 7) is 4.58. The molecule has 0 spiro atoms. The van der Waals surface area contributed by atoms with Crippen LogP contribution in [0.3, 0.4) is 0 Å². The van der Waals surface area contributed by atoms with E-state index in [1.807, 2.05) is 0 Å². The Morgan fingerprint density at radius 2 is 1.62 bits per heavy atom. The molecule has 0 heterocycles. The lowest BCUT2D eigenvalue weighted by Crippen LogP contribution is -2.12. The van der Waals surface area contributed by atoms with E-state index in [9.17, 15) is 0 Å². The van der Waals surface area contributed by atoms with E-state index in [2.05, 4.69) is 62.4 Å². The van der Waals surface area contributed by atoms with Crippen LogP contribution in [0.25, 0.3) is 6.08 Å². The lowest BCUT2D eigenvalue weighted by Gasteiger charge is -2.26. The predicted molar refractivity (Wildman–Crippen MR) is 108 cm³/mol. The third-order valence-electron chi connectivity index (χ3n) is 5.42. The second-order valence-electron chi connectivity index (χ2n) is 7.51.